The molecule has 8 aromatic rings. The van der Waals surface area contributed by atoms with Gasteiger partial charge in [0.05, 0.1) is 44.1 Å². The molecule has 1 saturated heterocycles. The predicted octanol–water partition coefficient (Wildman–Crippen LogP) is 8.30. The molecule has 6 aliphatic rings. The number of Topliss-reactive ketones (excluding diaryl/α,β-unsaturated/α-hetero) is 1. The third-order valence-corrected chi connectivity index (χ3v) is 17.7. The fraction of sp³-hybridized carbons (Fsp3) is 0.288. The summed E-state index contributed by atoms with van der Waals surface area (Å²) in [4.78, 5) is 96.6. The molecule has 8 amide bonds. The minimum absolute atomic E-state index is 0.000139. The molecule has 98 heavy (non-hydrogen) atoms. The number of imide groups is 1. The summed E-state index contributed by atoms with van der Waals surface area (Å²) in [5.41, 5.74) is 13.4. The maximum atomic E-state index is 14.8. The molecule has 0 spiro atoms. The van der Waals surface area contributed by atoms with Crippen LogP contribution in [0.1, 0.15) is 116 Å². The fourth-order valence-corrected chi connectivity index (χ4v) is 12.2. The van der Waals surface area contributed by atoms with Gasteiger partial charge in [-0.05, 0) is 198 Å². The van der Waals surface area contributed by atoms with Gasteiger partial charge in [0, 0.05) is 73.7 Å². The molecule has 1 aliphatic carbocycles. The van der Waals surface area contributed by atoms with Crippen molar-refractivity contribution in [2.45, 2.75) is 70.4 Å². The molecule has 0 radical (unpaired) electrons. The van der Waals surface area contributed by atoms with Crippen molar-refractivity contribution in [1.82, 2.24) is 36.8 Å². The Kier molecular flexibility index (Phi) is 24.1. The SMILES string of the molecule is COc1ccc(CCN)cc1.COc1ccc(CCNC(C)=O)cc1.COc1ccc2c(c1)C(=O)NCC2.COc1ccc2c(c1F)C(=O)N(C[C@@]1(c3cc4cc5c(cc4o3)C(=O)CCC5)NC(=O)NC1=O)C2.O=C1NCCc2cc(I)c(O)cc21.O=C1NCCc2ccc(O)cc21. The summed E-state index contributed by atoms with van der Waals surface area (Å²) >= 11 is 2.06. The number of nitrogens with two attached hydrogens (primary N) is 1. The van der Waals surface area contributed by atoms with E-state index in [0.29, 0.717) is 65.8 Å². The number of ether oxygens (including phenoxy) is 4. The van der Waals surface area contributed by atoms with E-state index in [2.05, 4.69) is 54.5 Å². The van der Waals surface area contributed by atoms with Crippen molar-refractivity contribution >= 4 is 80.8 Å². The van der Waals surface area contributed by atoms with Gasteiger partial charge in [-0.25, -0.2) is 9.18 Å². The van der Waals surface area contributed by atoms with E-state index in [1.165, 1.54) is 48.3 Å². The van der Waals surface area contributed by atoms with Crippen LogP contribution in [0.4, 0.5) is 9.18 Å². The Bertz CT molecular complexity index is 4310. The summed E-state index contributed by atoms with van der Waals surface area (Å²) in [5.74, 6) is 0.641. The minimum Gasteiger partial charge on any atom is -0.508 e. The maximum absolute atomic E-state index is 14.8. The van der Waals surface area contributed by atoms with Gasteiger partial charge in [-0.2, -0.15) is 0 Å². The average molecular weight is 1450 g/mol. The number of aromatic hydroxyl groups is 2. The average Bonchev–Trinajstić information content (AvgIpc) is 1.58. The predicted molar refractivity (Wildman–Crippen MR) is 371 cm³/mol. The van der Waals surface area contributed by atoms with Crippen molar-refractivity contribution < 1.29 is 76.3 Å². The van der Waals surface area contributed by atoms with Crippen molar-refractivity contribution in [3.05, 3.63) is 209 Å². The van der Waals surface area contributed by atoms with Gasteiger partial charge in [0.15, 0.2) is 22.9 Å². The number of phenolic OH excluding ortho intramolecular Hbond substituents is 2. The second-order valence-corrected chi connectivity index (χ2v) is 24.5. The zero-order valence-corrected chi connectivity index (χ0v) is 56.9. The number of urea groups is 1. The van der Waals surface area contributed by atoms with Crippen LogP contribution >= 0.6 is 22.6 Å². The van der Waals surface area contributed by atoms with E-state index in [0.717, 1.165) is 100 Å². The van der Waals surface area contributed by atoms with Crippen LogP contribution in [0.25, 0.3) is 11.0 Å². The van der Waals surface area contributed by atoms with Crippen molar-refractivity contribution in [3.63, 3.8) is 0 Å². The smallest absolute Gasteiger partial charge is 0.322 e. The number of ketones is 1. The number of methoxy groups -OCH3 is 4. The van der Waals surface area contributed by atoms with E-state index in [-0.39, 0.29) is 71.1 Å². The Morgan fingerprint density at radius 2 is 1.19 bits per heavy atom. The Morgan fingerprint density at radius 3 is 1.78 bits per heavy atom. The highest BCUT2D eigenvalue weighted by atomic mass is 127. The second kappa shape index (κ2) is 32.9. The van der Waals surface area contributed by atoms with Crippen molar-refractivity contribution in [2.24, 2.45) is 5.73 Å². The first-order valence-corrected chi connectivity index (χ1v) is 32.7. The van der Waals surface area contributed by atoms with Gasteiger partial charge in [-0.15, -0.1) is 0 Å². The van der Waals surface area contributed by atoms with Gasteiger partial charge in [0.25, 0.3) is 29.5 Å². The number of benzene rings is 7. The number of aryl methyl sites for hydroxylation is 1. The van der Waals surface area contributed by atoms with Gasteiger partial charge in [0.1, 0.15) is 40.1 Å². The Hall–Kier alpha value is -10.5. The first-order chi connectivity index (χ1) is 47.1. The Labute approximate surface area is 578 Å². The zero-order chi connectivity index (χ0) is 70.2. The lowest BCUT2D eigenvalue weighted by Crippen LogP contribution is -2.52. The summed E-state index contributed by atoms with van der Waals surface area (Å²) in [5, 5.41) is 35.0. The number of nitrogens with zero attached hydrogens (tertiary/aromatic N) is 1. The van der Waals surface area contributed by atoms with Crippen LogP contribution in [0.5, 0.6) is 34.5 Å². The molecule has 1 fully saturated rings. The molecule has 6 heterocycles. The molecule has 0 bridgehead atoms. The number of furan rings is 1. The first kappa shape index (κ1) is 71.7. The number of halogens is 2. The summed E-state index contributed by atoms with van der Waals surface area (Å²) in [7, 11) is 6.22. The molecule has 1 aromatic heterocycles. The lowest BCUT2D eigenvalue weighted by Gasteiger charge is -2.29. The number of hydrogen-bond acceptors (Lipinski definition) is 16. The molecule has 0 unspecified atom stereocenters. The van der Waals surface area contributed by atoms with Crippen molar-refractivity contribution in [3.8, 4) is 34.5 Å². The van der Waals surface area contributed by atoms with Gasteiger partial charge < -0.3 is 70.8 Å². The lowest BCUT2D eigenvalue weighted by molar-refractivity contribution is -0.125. The van der Waals surface area contributed by atoms with E-state index in [4.69, 9.17) is 34.2 Å². The fourth-order valence-electron chi connectivity index (χ4n) is 11.7. The molecule has 14 rings (SSSR count). The zero-order valence-electron chi connectivity index (χ0n) is 54.7. The first-order valence-electron chi connectivity index (χ1n) is 31.6. The summed E-state index contributed by atoms with van der Waals surface area (Å²) in [6.45, 7) is 4.78. The molecule has 10 N–H and O–H groups in total. The van der Waals surface area contributed by atoms with Crippen LogP contribution in [-0.2, 0) is 60.2 Å². The number of phenols is 2. The van der Waals surface area contributed by atoms with Gasteiger partial charge in [-0.3, -0.25) is 38.9 Å². The quantitative estimate of drug-likeness (QED) is 0.0410. The maximum Gasteiger partial charge on any atom is 0.322 e. The molecule has 25 heteroatoms. The van der Waals surface area contributed by atoms with Gasteiger partial charge in [0.2, 0.25) is 5.91 Å². The third kappa shape index (κ3) is 17.3. The van der Waals surface area contributed by atoms with Crippen LogP contribution in [0, 0.1) is 9.39 Å². The van der Waals surface area contributed by atoms with E-state index >= 15 is 0 Å². The highest BCUT2D eigenvalue weighted by molar-refractivity contribution is 14.1. The summed E-state index contributed by atoms with van der Waals surface area (Å²) in [6.07, 6.45) is 6.38. The molecule has 7 aromatic carbocycles. The highest BCUT2D eigenvalue weighted by Crippen LogP contribution is 2.38. The number of hydrogen-bond donors (Lipinski definition) is 9. The molecule has 1 atom stereocenters. The largest absolute Gasteiger partial charge is 0.508 e. The van der Waals surface area contributed by atoms with Gasteiger partial charge in [-0.1, -0.05) is 42.5 Å². The number of carbonyl (C=O) groups excluding carboxylic acids is 8. The third-order valence-electron chi connectivity index (χ3n) is 16.9. The number of rotatable bonds is 12. The lowest BCUT2D eigenvalue weighted by atomic mass is 9.89. The minimum atomic E-state index is -1.72. The van der Waals surface area contributed by atoms with E-state index in [1.54, 1.807) is 57.7 Å². The Morgan fingerprint density at radius 1 is 0.633 bits per heavy atom. The van der Waals surface area contributed by atoms with E-state index in [1.807, 2.05) is 72.8 Å². The van der Waals surface area contributed by atoms with Crippen LogP contribution in [0.2, 0.25) is 0 Å². The number of amides is 8. The monoisotopic (exact) mass is 1450 g/mol. The standard InChI is InChI=1S/C25H20FN3O6.C11H15NO2.C10H11NO2.C9H8INO2.C9H9NO2.C9H13NO/c1-34-17-6-5-13-10-29(22(31)20(13)21(17)26)11-25(23(32)27-24(33)28-25)19-8-14-7-12-3-2-4-16(30)15(12)9-18(14)35-19;1-9(13)12-8-7-10-3-5-11(14-2)6-4-10;1-13-8-3-2-7-4-5-11-10(12)9(7)6-8;10-7-3-5-1-2-11-9(13)6(5)4-8(7)12;11-7-2-1-6-3-4-10-9(12)8(6)5-7;1-11-9-4-2-8(3-5-9)6-7-10/h5-9H,2-4,10-11H2,1H3,(H2,27,28,32,33);3-6H,7-8H2,1-2H3,(H,12,13);2-3,6H,4-5H2,1H3,(H,11,12);3-4,12H,1-2H2,(H,11,13);1-2,5,11H,3-4H2,(H,10,12);2-5H,6-7,10H2,1H3/t25-;;;;;/m0...../s1. The number of carbonyl (C=O) groups is 8. The topological polar surface area (TPSA) is 329 Å². The summed E-state index contributed by atoms with van der Waals surface area (Å²) in [6, 6.07) is 37.2. The summed E-state index contributed by atoms with van der Waals surface area (Å²) < 4.78 is 41.7. The van der Waals surface area contributed by atoms with E-state index in [9.17, 15) is 47.9 Å². The van der Waals surface area contributed by atoms with Crippen LogP contribution < -0.4 is 56.6 Å². The van der Waals surface area contributed by atoms with Crippen LogP contribution in [0.3, 0.4) is 0 Å². The van der Waals surface area contributed by atoms with Gasteiger partial charge >= 0.3 is 6.03 Å². The normalized spacial score (nSPS) is 15.8. The molecule has 512 valence electrons. The molecule has 23 nitrogen and oxygen atoms in total. The Balaban J connectivity index is 0.000000149. The van der Waals surface area contributed by atoms with Crippen molar-refractivity contribution in [1.29, 1.82) is 0 Å². The highest BCUT2D eigenvalue weighted by Gasteiger charge is 2.53. The molecular formula is C73H76FIN8O15. The number of fused-ring (bicyclic) bond motifs is 6. The second-order valence-electron chi connectivity index (χ2n) is 23.3. The molecule has 0 saturated carbocycles. The van der Waals surface area contributed by atoms with E-state index < -0.39 is 29.2 Å². The molecular weight excluding hydrogens is 1370 g/mol. The van der Waals surface area contributed by atoms with Crippen molar-refractivity contribution in [2.75, 3.05) is 67.7 Å². The number of nitrogens with one attached hydrogen (secondary N) is 6. The van der Waals surface area contributed by atoms with Crippen LogP contribution in [-0.4, -0.2) is 130 Å². The molecule has 5 aliphatic heterocycles. The van der Waals surface area contributed by atoms with Crippen LogP contribution in [0.15, 0.2) is 132 Å².